The Bertz CT molecular complexity index is 1040. The third-order valence-electron chi connectivity index (χ3n) is 3.99. The molecule has 3 rings (SSSR count). The first-order valence-corrected chi connectivity index (χ1v) is 10.9. The highest BCUT2D eigenvalue weighted by Crippen LogP contribution is 2.36. The molecular formula is C17H18N2O5S2. The number of nitrogens with one attached hydrogen (secondary N) is 1. The quantitative estimate of drug-likeness (QED) is 0.857. The molecular weight excluding hydrogens is 376 g/mol. The zero-order valence-electron chi connectivity index (χ0n) is 14.2. The summed E-state index contributed by atoms with van der Waals surface area (Å²) in [6.07, 6.45) is 0. The molecule has 2 aromatic carbocycles. The van der Waals surface area contributed by atoms with Crippen LogP contribution in [0, 0.1) is 5.41 Å². The van der Waals surface area contributed by atoms with E-state index in [1.165, 1.54) is 24.3 Å². The van der Waals surface area contributed by atoms with E-state index in [0.29, 0.717) is 5.69 Å². The normalized spacial score (nSPS) is 18.7. The minimum absolute atomic E-state index is 0.0339. The summed E-state index contributed by atoms with van der Waals surface area (Å²) in [6.45, 7) is 3.13. The van der Waals surface area contributed by atoms with Crippen molar-refractivity contribution in [2.24, 2.45) is 5.41 Å². The zero-order valence-corrected chi connectivity index (χ0v) is 15.8. The maximum Gasteiger partial charge on any atom is 0.261 e. The molecule has 0 radical (unpaired) electrons. The summed E-state index contributed by atoms with van der Waals surface area (Å²) in [4.78, 5) is 12.3. The number of benzene rings is 2. The van der Waals surface area contributed by atoms with Gasteiger partial charge in [0.15, 0.2) is 0 Å². The third-order valence-corrected chi connectivity index (χ3v) is 7.41. The number of para-hydroxylation sites is 1. The average molecular weight is 394 g/mol. The monoisotopic (exact) mass is 394 g/mol. The number of rotatable bonds is 4. The van der Waals surface area contributed by atoms with Crippen LogP contribution in [0.3, 0.4) is 0 Å². The lowest BCUT2D eigenvalue weighted by molar-refractivity contribution is -0.123. The van der Waals surface area contributed by atoms with Crippen LogP contribution in [0.25, 0.3) is 0 Å². The van der Waals surface area contributed by atoms with Crippen LogP contribution in [-0.4, -0.2) is 28.5 Å². The molecule has 1 heterocycles. The average Bonchev–Trinajstić information content (AvgIpc) is 2.71. The molecule has 138 valence electrons. The molecule has 1 aliphatic heterocycles. The van der Waals surface area contributed by atoms with Crippen molar-refractivity contribution in [2.75, 3.05) is 14.8 Å². The molecule has 0 atom stereocenters. The van der Waals surface area contributed by atoms with Gasteiger partial charge in [0.25, 0.3) is 10.0 Å². The molecule has 0 unspecified atom stereocenters. The van der Waals surface area contributed by atoms with Crippen LogP contribution < -0.4 is 9.03 Å². The molecule has 1 N–H and O–H groups in total. The molecule has 1 aliphatic rings. The van der Waals surface area contributed by atoms with Gasteiger partial charge in [0.1, 0.15) is 0 Å². The van der Waals surface area contributed by atoms with E-state index >= 15 is 0 Å². The lowest BCUT2D eigenvalue weighted by Crippen LogP contribution is -2.32. The fourth-order valence-corrected chi connectivity index (χ4v) is 5.91. The number of hydrogen-bond donors (Lipinski definition) is 1. The van der Waals surface area contributed by atoms with Crippen molar-refractivity contribution in [1.29, 1.82) is 0 Å². The highest BCUT2D eigenvalue weighted by Gasteiger charge is 2.49. The van der Waals surface area contributed by atoms with E-state index in [4.69, 9.17) is 0 Å². The van der Waals surface area contributed by atoms with Crippen LogP contribution in [0.5, 0.6) is 0 Å². The number of carbonyl (C=O) groups is 1. The Morgan fingerprint density at radius 3 is 2.08 bits per heavy atom. The van der Waals surface area contributed by atoms with Crippen molar-refractivity contribution in [3.8, 4) is 0 Å². The van der Waals surface area contributed by atoms with Crippen molar-refractivity contribution in [1.82, 2.24) is 0 Å². The zero-order chi connectivity index (χ0) is 19.2. The first-order valence-electron chi connectivity index (χ1n) is 7.78. The Balaban J connectivity index is 1.91. The van der Waals surface area contributed by atoms with Gasteiger partial charge in [0, 0.05) is 5.69 Å². The second kappa shape index (κ2) is 6.10. The van der Waals surface area contributed by atoms with Gasteiger partial charge in [0.2, 0.25) is 15.9 Å². The van der Waals surface area contributed by atoms with Gasteiger partial charge < -0.3 is 0 Å². The lowest BCUT2D eigenvalue weighted by Gasteiger charge is -2.17. The van der Waals surface area contributed by atoms with E-state index in [0.717, 1.165) is 4.31 Å². The molecule has 9 heteroatoms. The molecule has 1 saturated heterocycles. The Hall–Kier alpha value is -2.39. The van der Waals surface area contributed by atoms with Crippen molar-refractivity contribution in [3.63, 3.8) is 0 Å². The third kappa shape index (κ3) is 3.32. The largest absolute Gasteiger partial charge is 0.280 e. The number of amides is 1. The molecule has 0 aromatic heterocycles. The fourth-order valence-electron chi connectivity index (χ4n) is 2.74. The Morgan fingerprint density at radius 2 is 1.58 bits per heavy atom. The number of hydrogen-bond acceptors (Lipinski definition) is 5. The van der Waals surface area contributed by atoms with E-state index in [-0.39, 0.29) is 16.3 Å². The van der Waals surface area contributed by atoms with Gasteiger partial charge in [-0.1, -0.05) is 18.2 Å². The van der Waals surface area contributed by atoms with E-state index < -0.39 is 31.4 Å². The van der Waals surface area contributed by atoms with Gasteiger partial charge in [-0.2, -0.15) is 0 Å². The maximum atomic E-state index is 12.4. The number of sulfonamides is 2. The fraction of sp³-hybridized carbons (Fsp3) is 0.235. The van der Waals surface area contributed by atoms with Crippen LogP contribution in [0.4, 0.5) is 11.4 Å². The van der Waals surface area contributed by atoms with Gasteiger partial charge in [-0.25, -0.2) is 21.1 Å². The van der Waals surface area contributed by atoms with Crippen molar-refractivity contribution < 1.29 is 21.6 Å². The maximum absolute atomic E-state index is 12.4. The smallest absolute Gasteiger partial charge is 0.261 e. The SMILES string of the molecule is CC1(C)CS(=O)(=O)N(c2ccc(S(=O)(=O)Nc3ccccc3)cc2)C1=O. The summed E-state index contributed by atoms with van der Waals surface area (Å²) in [5.74, 6) is -0.815. The molecule has 0 bridgehead atoms. The van der Waals surface area contributed by atoms with Crippen LogP contribution >= 0.6 is 0 Å². The summed E-state index contributed by atoms with van der Waals surface area (Å²) >= 11 is 0. The predicted molar refractivity (Wildman–Crippen MR) is 98.7 cm³/mol. The van der Waals surface area contributed by atoms with Gasteiger partial charge in [-0.15, -0.1) is 0 Å². The summed E-state index contributed by atoms with van der Waals surface area (Å²) in [5.41, 5.74) is -0.479. The number of anilines is 2. The first-order chi connectivity index (χ1) is 12.0. The molecule has 26 heavy (non-hydrogen) atoms. The number of carbonyl (C=O) groups excluding carboxylic acids is 1. The van der Waals surface area contributed by atoms with Crippen molar-refractivity contribution >= 4 is 37.3 Å². The molecule has 0 spiro atoms. The van der Waals surface area contributed by atoms with Crippen LogP contribution in [0.1, 0.15) is 13.8 Å². The van der Waals surface area contributed by atoms with E-state index in [9.17, 15) is 21.6 Å². The molecule has 0 saturated carbocycles. The summed E-state index contributed by atoms with van der Waals surface area (Å²) in [5, 5.41) is 0. The van der Waals surface area contributed by atoms with Gasteiger partial charge in [-0.3, -0.25) is 9.52 Å². The summed E-state index contributed by atoms with van der Waals surface area (Å²) in [7, 11) is -7.60. The highest BCUT2D eigenvalue weighted by atomic mass is 32.2. The summed E-state index contributed by atoms with van der Waals surface area (Å²) < 4.78 is 52.6. The molecule has 1 amide bonds. The van der Waals surface area contributed by atoms with Crippen LogP contribution in [0.15, 0.2) is 59.5 Å². The minimum Gasteiger partial charge on any atom is -0.280 e. The topological polar surface area (TPSA) is 101 Å². The van der Waals surface area contributed by atoms with Crippen LogP contribution in [-0.2, 0) is 24.8 Å². The minimum atomic E-state index is -3.82. The van der Waals surface area contributed by atoms with Gasteiger partial charge >= 0.3 is 0 Å². The van der Waals surface area contributed by atoms with Crippen molar-refractivity contribution in [3.05, 3.63) is 54.6 Å². The lowest BCUT2D eigenvalue weighted by atomic mass is 9.95. The van der Waals surface area contributed by atoms with Gasteiger partial charge in [-0.05, 0) is 50.2 Å². The standard InChI is InChI=1S/C17H18N2O5S2/c1-17(2)12-25(21,22)19(16(17)20)14-8-10-15(11-9-14)26(23,24)18-13-6-4-3-5-7-13/h3-11,18H,12H2,1-2H3. The highest BCUT2D eigenvalue weighted by molar-refractivity contribution is 7.94. The predicted octanol–water partition coefficient (Wildman–Crippen LogP) is 2.19. The van der Waals surface area contributed by atoms with Crippen LogP contribution in [0.2, 0.25) is 0 Å². The second-order valence-electron chi connectivity index (χ2n) is 6.68. The van der Waals surface area contributed by atoms with E-state index in [1.807, 2.05) is 0 Å². The second-order valence-corrected chi connectivity index (χ2v) is 10.2. The molecule has 2 aromatic rings. The Morgan fingerprint density at radius 1 is 1.00 bits per heavy atom. The Labute approximate surface area is 152 Å². The molecule has 0 aliphatic carbocycles. The first kappa shape index (κ1) is 18.4. The Kier molecular flexibility index (Phi) is 4.32. The molecule has 7 nitrogen and oxygen atoms in total. The van der Waals surface area contributed by atoms with Crippen molar-refractivity contribution in [2.45, 2.75) is 18.7 Å². The van der Waals surface area contributed by atoms with E-state index in [2.05, 4.69) is 4.72 Å². The van der Waals surface area contributed by atoms with E-state index in [1.54, 1.807) is 44.2 Å². The molecule has 1 fully saturated rings. The summed E-state index contributed by atoms with van der Waals surface area (Å²) in [6, 6.07) is 13.6. The number of nitrogens with zero attached hydrogens (tertiary/aromatic N) is 1. The van der Waals surface area contributed by atoms with Gasteiger partial charge in [0.05, 0.1) is 21.8 Å².